The van der Waals surface area contributed by atoms with Gasteiger partial charge in [-0.25, -0.2) is 0 Å². The first-order valence-electron chi connectivity index (χ1n) is 9.46. The van der Waals surface area contributed by atoms with E-state index in [0.29, 0.717) is 0 Å². The summed E-state index contributed by atoms with van der Waals surface area (Å²) in [7, 11) is 0. The molecule has 0 aromatic rings. The van der Waals surface area contributed by atoms with Crippen molar-refractivity contribution in [2.75, 3.05) is 0 Å². The minimum atomic E-state index is 0.802. The summed E-state index contributed by atoms with van der Waals surface area (Å²) in [6, 6.07) is 1.61. The summed E-state index contributed by atoms with van der Waals surface area (Å²) in [4.78, 5) is 0. The van der Waals surface area contributed by atoms with Crippen LogP contribution in [0.4, 0.5) is 0 Å². The van der Waals surface area contributed by atoms with Crippen molar-refractivity contribution in [3.8, 4) is 0 Å². The smallest absolute Gasteiger partial charge is 0.00952 e. The molecule has 0 radical (unpaired) electrons. The molecule has 0 heterocycles. The van der Waals surface area contributed by atoms with E-state index in [4.69, 9.17) is 0 Å². The molecule has 1 nitrogen and oxygen atoms in total. The van der Waals surface area contributed by atoms with Crippen molar-refractivity contribution in [1.29, 1.82) is 0 Å². The lowest BCUT2D eigenvalue weighted by atomic mass is 9.82. The number of nitrogens with one attached hydrogen (secondary N) is 1. The van der Waals surface area contributed by atoms with E-state index in [9.17, 15) is 0 Å². The molecular formula is C19H37N. The first-order valence-corrected chi connectivity index (χ1v) is 9.46. The largest absolute Gasteiger partial charge is 0.311 e. The minimum absolute atomic E-state index is 0.802. The third-order valence-electron chi connectivity index (χ3n) is 6.06. The lowest BCUT2D eigenvalue weighted by Gasteiger charge is -2.33. The Morgan fingerprint density at radius 3 is 2.15 bits per heavy atom. The molecule has 118 valence electrons. The lowest BCUT2D eigenvalue weighted by molar-refractivity contribution is 0.237. The molecule has 2 saturated carbocycles. The van der Waals surface area contributed by atoms with Gasteiger partial charge in [-0.15, -0.1) is 0 Å². The zero-order valence-corrected chi connectivity index (χ0v) is 14.2. The van der Waals surface area contributed by atoms with E-state index in [1.807, 2.05) is 0 Å². The van der Waals surface area contributed by atoms with E-state index in [-0.39, 0.29) is 0 Å². The van der Waals surface area contributed by atoms with Gasteiger partial charge in [-0.2, -0.15) is 0 Å². The zero-order chi connectivity index (χ0) is 14.4. The van der Waals surface area contributed by atoms with Crippen LogP contribution in [-0.4, -0.2) is 12.1 Å². The maximum Gasteiger partial charge on any atom is 0.00952 e. The highest BCUT2D eigenvalue weighted by molar-refractivity contribution is 4.84. The second-order valence-electron chi connectivity index (χ2n) is 7.79. The van der Waals surface area contributed by atoms with Crippen molar-refractivity contribution in [2.24, 2.45) is 17.8 Å². The molecule has 0 amide bonds. The summed E-state index contributed by atoms with van der Waals surface area (Å²) < 4.78 is 0. The molecule has 0 spiro atoms. The monoisotopic (exact) mass is 279 g/mol. The van der Waals surface area contributed by atoms with Crippen LogP contribution in [0.5, 0.6) is 0 Å². The Bertz CT molecular complexity index is 254. The summed E-state index contributed by atoms with van der Waals surface area (Å²) in [5, 5.41) is 4.07. The summed E-state index contributed by atoms with van der Waals surface area (Å²) in [5.41, 5.74) is 0. The Hall–Kier alpha value is -0.0400. The number of hydrogen-bond donors (Lipinski definition) is 1. The molecule has 0 aliphatic heterocycles. The molecule has 0 aromatic carbocycles. The van der Waals surface area contributed by atoms with Gasteiger partial charge in [0.25, 0.3) is 0 Å². The first kappa shape index (κ1) is 16.3. The average Bonchev–Trinajstić information content (AvgIpc) is 2.71. The molecule has 0 saturated heterocycles. The Morgan fingerprint density at radius 2 is 1.50 bits per heavy atom. The molecule has 2 aliphatic rings. The van der Waals surface area contributed by atoms with Crippen LogP contribution in [0.3, 0.4) is 0 Å². The molecule has 3 unspecified atom stereocenters. The second-order valence-corrected chi connectivity index (χ2v) is 7.79. The fourth-order valence-electron chi connectivity index (χ4n) is 4.59. The summed E-state index contributed by atoms with van der Waals surface area (Å²) in [6.07, 6.45) is 15.9. The second kappa shape index (κ2) is 8.41. The molecule has 2 rings (SSSR count). The van der Waals surface area contributed by atoms with Crippen molar-refractivity contribution in [2.45, 2.75) is 103 Å². The van der Waals surface area contributed by atoms with Gasteiger partial charge < -0.3 is 5.32 Å². The van der Waals surface area contributed by atoms with Gasteiger partial charge >= 0.3 is 0 Å². The highest BCUT2D eigenvalue weighted by atomic mass is 15.0. The van der Waals surface area contributed by atoms with Gasteiger partial charge in [0.2, 0.25) is 0 Å². The van der Waals surface area contributed by atoms with E-state index in [1.54, 1.807) is 0 Å². The normalized spacial score (nSPS) is 31.2. The van der Waals surface area contributed by atoms with Crippen molar-refractivity contribution in [1.82, 2.24) is 5.32 Å². The van der Waals surface area contributed by atoms with Crippen LogP contribution in [0.15, 0.2) is 0 Å². The van der Waals surface area contributed by atoms with Gasteiger partial charge in [-0.1, -0.05) is 52.9 Å². The zero-order valence-electron chi connectivity index (χ0n) is 14.2. The van der Waals surface area contributed by atoms with Gasteiger partial charge in [0.15, 0.2) is 0 Å². The van der Waals surface area contributed by atoms with E-state index in [0.717, 1.165) is 29.8 Å². The standard InChI is InChI=1S/C19H37N/c1-4-19(17-9-6-5-7-10-17)20-18-12-8-11-16(13-14-18)15(2)3/h15-20H,4-14H2,1-3H3. The van der Waals surface area contributed by atoms with Gasteiger partial charge in [0, 0.05) is 12.1 Å². The molecular weight excluding hydrogens is 242 g/mol. The Labute approximate surface area is 127 Å². The van der Waals surface area contributed by atoms with Crippen molar-refractivity contribution in [3.05, 3.63) is 0 Å². The van der Waals surface area contributed by atoms with Crippen LogP contribution >= 0.6 is 0 Å². The van der Waals surface area contributed by atoms with Crippen molar-refractivity contribution < 1.29 is 0 Å². The summed E-state index contributed by atoms with van der Waals surface area (Å²) >= 11 is 0. The van der Waals surface area contributed by atoms with E-state index in [2.05, 4.69) is 26.1 Å². The number of hydrogen-bond acceptors (Lipinski definition) is 1. The van der Waals surface area contributed by atoms with Crippen LogP contribution in [0.1, 0.15) is 91.4 Å². The predicted molar refractivity (Wildman–Crippen MR) is 89.0 cm³/mol. The molecule has 20 heavy (non-hydrogen) atoms. The van der Waals surface area contributed by atoms with Gasteiger partial charge in [0.05, 0.1) is 0 Å². The topological polar surface area (TPSA) is 12.0 Å². The van der Waals surface area contributed by atoms with Crippen molar-refractivity contribution in [3.63, 3.8) is 0 Å². The minimum Gasteiger partial charge on any atom is -0.311 e. The maximum atomic E-state index is 4.07. The van der Waals surface area contributed by atoms with E-state index < -0.39 is 0 Å². The average molecular weight is 280 g/mol. The van der Waals surface area contributed by atoms with E-state index >= 15 is 0 Å². The Morgan fingerprint density at radius 1 is 0.800 bits per heavy atom. The predicted octanol–water partition coefficient (Wildman–Crippen LogP) is 5.54. The molecule has 2 aliphatic carbocycles. The molecule has 2 fully saturated rings. The van der Waals surface area contributed by atoms with Gasteiger partial charge in [0.1, 0.15) is 0 Å². The van der Waals surface area contributed by atoms with Crippen LogP contribution in [-0.2, 0) is 0 Å². The molecule has 3 atom stereocenters. The van der Waals surface area contributed by atoms with E-state index in [1.165, 1.54) is 70.6 Å². The molecule has 1 heteroatoms. The summed E-state index contributed by atoms with van der Waals surface area (Å²) in [5.74, 6) is 2.84. The van der Waals surface area contributed by atoms with Gasteiger partial charge in [-0.3, -0.25) is 0 Å². The molecule has 0 bridgehead atoms. The number of rotatable bonds is 5. The Balaban J connectivity index is 1.81. The van der Waals surface area contributed by atoms with Crippen molar-refractivity contribution >= 4 is 0 Å². The Kier molecular flexibility index (Phi) is 6.87. The quantitative estimate of drug-likeness (QED) is 0.651. The third kappa shape index (κ3) is 4.76. The molecule has 0 aromatic heterocycles. The first-order chi connectivity index (χ1) is 9.70. The van der Waals surface area contributed by atoms with Crippen LogP contribution in [0, 0.1) is 17.8 Å². The van der Waals surface area contributed by atoms with Crippen LogP contribution in [0.25, 0.3) is 0 Å². The maximum absolute atomic E-state index is 4.07. The molecule has 1 N–H and O–H groups in total. The van der Waals surface area contributed by atoms with Crippen LogP contribution in [0.2, 0.25) is 0 Å². The van der Waals surface area contributed by atoms with Gasteiger partial charge in [-0.05, 0) is 56.3 Å². The highest BCUT2D eigenvalue weighted by Crippen LogP contribution is 2.31. The van der Waals surface area contributed by atoms with Crippen LogP contribution < -0.4 is 5.32 Å². The fourth-order valence-corrected chi connectivity index (χ4v) is 4.59. The SMILES string of the molecule is CCC(NC1CCCC(C(C)C)CC1)C1CCCCC1. The lowest BCUT2D eigenvalue weighted by Crippen LogP contribution is -2.43. The third-order valence-corrected chi connectivity index (χ3v) is 6.06. The highest BCUT2D eigenvalue weighted by Gasteiger charge is 2.26. The fraction of sp³-hybridized carbons (Fsp3) is 1.00. The summed E-state index contributed by atoms with van der Waals surface area (Å²) in [6.45, 7) is 7.21.